The first-order valence-corrected chi connectivity index (χ1v) is 12.1. The van der Waals surface area contributed by atoms with Crippen molar-refractivity contribution in [3.05, 3.63) is 23.8 Å². The van der Waals surface area contributed by atoms with Crippen LogP contribution in [0.5, 0.6) is 0 Å². The first-order chi connectivity index (χ1) is 15.2. The Balaban J connectivity index is 1.94. The largest absolute Gasteiger partial charge is 0.383 e. The molecule has 0 atom stereocenters. The molecule has 0 bridgehead atoms. The van der Waals surface area contributed by atoms with Gasteiger partial charge in [-0.25, -0.2) is 0 Å². The summed E-state index contributed by atoms with van der Waals surface area (Å²) in [6.07, 6.45) is 12.4. The number of anilines is 2. The molecule has 0 unspecified atom stereocenters. The van der Waals surface area contributed by atoms with Crippen molar-refractivity contribution in [2.75, 3.05) is 43.6 Å². The van der Waals surface area contributed by atoms with Gasteiger partial charge in [0.25, 0.3) is 5.91 Å². The lowest BCUT2D eigenvalue weighted by atomic mass is 10.1. The summed E-state index contributed by atoms with van der Waals surface area (Å²) in [5.74, 6) is -0.106. The number of carbonyl (C=O) groups excluding carboxylic acids is 2. The predicted molar refractivity (Wildman–Crippen MR) is 128 cm³/mol. The summed E-state index contributed by atoms with van der Waals surface area (Å²) >= 11 is 0. The Bertz CT molecular complexity index is 672. The molecular formula is C25H41N3O3. The fourth-order valence-electron chi connectivity index (χ4n) is 4.03. The van der Waals surface area contributed by atoms with Gasteiger partial charge >= 0.3 is 0 Å². The number of amides is 2. The van der Waals surface area contributed by atoms with Gasteiger partial charge in [-0.15, -0.1) is 0 Å². The summed E-state index contributed by atoms with van der Waals surface area (Å²) in [6.45, 7) is 5.08. The maximum Gasteiger partial charge on any atom is 0.253 e. The second-order valence-electron chi connectivity index (χ2n) is 8.45. The van der Waals surface area contributed by atoms with Gasteiger partial charge in [0.2, 0.25) is 5.91 Å². The van der Waals surface area contributed by atoms with E-state index in [2.05, 4.69) is 22.5 Å². The van der Waals surface area contributed by atoms with Crippen LogP contribution in [0, 0.1) is 0 Å². The van der Waals surface area contributed by atoms with Crippen molar-refractivity contribution in [1.29, 1.82) is 0 Å². The van der Waals surface area contributed by atoms with Crippen molar-refractivity contribution in [3.63, 3.8) is 0 Å². The minimum atomic E-state index is -0.124. The molecule has 2 rings (SSSR count). The van der Waals surface area contributed by atoms with Crippen LogP contribution in [-0.4, -0.2) is 45.2 Å². The predicted octanol–water partition coefficient (Wildman–Crippen LogP) is 5.13. The van der Waals surface area contributed by atoms with E-state index >= 15 is 0 Å². The van der Waals surface area contributed by atoms with Crippen LogP contribution < -0.4 is 15.5 Å². The summed E-state index contributed by atoms with van der Waals surface area (Å²) in [7, 11) is 1.62. The normalized spacial score (nSPS) is 13.8. The minimum absolute atomic E-state index is 0.0185. The molecule has 31 heavy (non-hydrogen) atoms. The van der Waals surface area contributed by atoms with Crippen molar-refractivity contribution in [2.45, 2.75) is 77.6 Å². The molecule has 6 nitrogen and oxygen atoms in total. The SMILES string of the molecule is CCCCCCCCCC(=O)Nc1ccc(N2CCCCC2)c(C(=O)NCCOC)c1. The Morgan fingerprint density at radius 1 is 1.00 bits per heavy atom. The lowest BCUT2D eigenvalue weighted by molar-refractivity contribution is -0.116. The Morgan fingerprint density at radius 2 is 1.71 bits per heavy atom. The van der Waals surface area contributed by atoms with Crippen molar-refractivity contribution in [2.24, 2.45) is 0 Å². The van der Waals surface area contributed by atoms with Gasteiger partial charge in [-0.1, -0.05) is 45.4 Å². The quantitative estimate of drug-likeness (QED) is 0.401. The Labute approximate surface area is 188 Å². The van der Waals surface area contributed by atoms with Crippen molar-refractivity contribution in [1.82, 2.24) is 5.32 Å². The van der Waals surface area contributed by atoms with E-state index in [1.165, 1.54) is 38.5 Å². The Morgan fingerprint density at radius 3 is 2.42 bits per heavy atom. The summed E-state index contributed by atoms with van der Waals surface area (Å²) in [4.78, 5) is 27.5. The molecule has 0 aliphatic carbocycles. The van der Waals surface area contributed by atoms with Crippen LogP contribution in [0.15, 0.2) is 18.2 Å². The number of hydrogen-bond donors (Lipinski definition) is 2. The maximum absolute atomic E-state index is 12.8. The third-order valence-electron chi connectivity index (χ3n) is 5.82. The Kier molecular flexibility index (Phi) is 12.1. The number of nitrogens with zero attached hydrogens (tertiary/aromatic N) is 1. The molecule has 2 N–H and O–H groups in total. The first-order valence-electron chi connectivity index (χ1n) is 12.1. The fourth-order valence-corrected chi connectivity index (χ4v) is 4.03. The number of ether oxygens (including phenoxy) is 1. The number of benzene rings is 1. The monoisotopic (exact) mass is 431 g/mol. The molecule has 1 aliphatic rings. The smallest absolute Gasteiger partial charge is 0.253 e. The number of nitrogens with one attached hydrogen (secondary N) is 2. The van der Waals surface area contributed by atoms with Crippen LogP contribution in [0.2, 0.25) is 0 Å². The van der Waals surface area contributed by atoms with Gasteiger partial charge in [0.1, 0.15) is 0 Å². The summed E-state index contributed by atoms with van der Waals surface area (Å²) < 4.78 is 5.04. The van der Waals surface area contributed by atoms with Gasteiger partial charge in [-0.3, -0.25) is 9.59 Å². The van der Waals surface area contributed by atoms with Gasteiger partial charge in [0.15, 0.2) is 0 Å². The first kappa shape index (κ1) is 25.2. The minimum Gasteiger partial charge on any atom is -0.383 e. The maximum atomic E-state index is 12.8. The molecule has 2 amide bonds. The molecule has 1 aromatic rings. The van der Waals surface area contributed by atoms with E-state index < -0.39 is 0 Å². The third-order valence-corrected chi connectivity index (χ3v) is 5.82. The second kappa shape index (κ2) is 14.8. The molecule has 174 valence electrons. The van der Waals surface area contributed by atoms with Crippen LogP contribution in [0.4, 0.5) is 11.4 Å². The van der Waals surface area contributed by atoms with Gasteiger partial charge in [-0.2, -0.15) is 0 Å². The topological polar surface area (TPSA) is 70.7 Å². The van der Waals surface area contributed by atoms with E-state index in [0.29, 0.717) is 30.8 Å². The van der Waals surface area contributed by atoms with E-state index in [9.17, 15) is 9.59 Å². The summed E-state index contributed by atoms with van der Waals surface area (Å²) in [6, 6.07) is 5.70. The molecular weight excluding hydrogens is 390 g/mol. The lowest BCUT2D eigenvalue weighted by Crippen LogP contribution is -2.33. The summed E-state index contributed by atoms with van der Waals surface area (Å²) in [5, 5.41) is 5.90. The highest BCUT2D eigenvalue weighted by molar-refractivity contribution is 6.02. The highest BCUT2D eigenvalue weighted by atomic mass is 16.5. The van der Waals surface area contributed by atoms with Gasteiger partial charge < -0.3 is 20.3 Å². The molecule has 1 fully saturated rings. The fraction of sp³-hybridized carbons (Fsp3) is 0.680. The molecule has 1 aliphatic heterocycles. The second-order valence-corrected chi connectivity index (χ2v) is 8.45. The van der Waals surface area contributed by atoms with Crippen LogP contribution in [0.25, 0.3) is 0 Å². The number of methoxy groups -OCH3 is 1. The molecule has 0 radical (unpaired) electrons. The molecule has 0 saturated carbocycles. The number of hydrogen-bond acceptors (Lipinski definition) is 4. The highest BCUT2D eigenvalue weighted by Crippen LogP contribution is 2.27. The molecule has 1 aromatic carbocycles. The molecule has 1 heterocycles. The highest BCUT2D eigenvalue weighted by Gasteiger charge is 2.19. The number of rotatable bonds is 14. The zero-order valence-electron chi connectivity index (χ0n) is 19.5. The van der Waals surface area contributed by atoms with Gasteiger partial charge in [0.05, 0.1) is 12.2 Å². The van der Waals surface area contributed by atoms with Crippen LogP contribution in [0.1, 0.15) is 87.9 Å². The van der Waals surface area contributed by atoms with Crippen molar-refractivity contribution in [3.8, 4) is 0 Å². The molecule has 1 saturated heterocycles. The Hall–Kier alpha value is -2.08. The van der Waals surface area contributed by atoms with E-state index in [0.717, 1.165) is 44.5 Å². The van der Waals surface area contributed by atoms with Gasteiger partial charge in [0, 0.05) is 44.5 Å². The van der Waals surface area contributed by atoms with Crippen LogP contribution in [0.3, 0.4) is 0 Å². The van der Waals surface area contributed by atoms with Crippen LogP contribution >= 0.6 is 0 Å². The van der Waals surface area contributed by atoms with E-state index in [4.69, 9.17) is 4.74 Å². The summed E-state index contributed by atoms with van der Waals surface area (Å²) in [5.41, 5.74) is 2.25. The zero-order valence-corrected chi connectivity index (χ0v) is 19.5. The van der Waals surface area contributed by atoms with Gasteiger partial charge in [-0.05, 0) is 43.9 Å². The van der Waals surface area contributed by atoms with Crippen molar-refractivity contribution >= 4 is 23.2 Å². The van der Waals surface area contributed by atoms with Crippen LogP contribution in [-0.2, 0) is 9.53 Å². The number of carbonyl (C=O) groups is 2. The third kappa shape index (κ3) is 9.30. The van der Waals surface area contributed by atoms with Crippen molar-refractivity contribution < 1.29 is 14.3 Å². The standard InChI is InChI=1S/C25H41N3O3/c1-3-4-5-6-7-8-10-13-24(29)27-21-14-15-23(28-17-11-9-12-18-28)22(20-21)25(30)26-16-19-31-2/h14-15,20H,3-13,16-19H2,1-2H3,(H,26,30)(H,27,29). The van der Waals surface area contributed by atoms with E-state index in [1.54, 1.807) is 7.11 Å². The number of piperidine rings is 1. The molecule has 0 aromatic heterocycles. The average Bonchev–Trinajstić information content (AvgIpc) is 2.79. The molecule has 6 heteroatoms. The zero-order chi connectivity index (χ0) is 22.3. The van der Waals surface area contributed by atoms with E-state index in [1.807, 2.05) is 18.2 Å². The molecule has 0 spiro atoms. The average molecular weight is 432 g/mol. The number of unbranched alkanes of at least 4 members (excludes halogenated alkanes) is 6. The van der Waals surface area contributed by atoms with E-state index in [-0.39, 0.29) is 11.8 Å². The lowest BCUT2D eigenvalue weighted by Gasteiger charge is -2.30.